The molecule has 20 heavy (non-hydrogen) atoms. The van der Waals surface area contributed by atoms with Crippen molar-refractivity contribution in [3.63, 3.8) is 0 Å². The Hall–Kier alpha value is -0.610. The number of rotatable bonds is 6. The third-order valence-corrected chi connectivity index (χ3v) is 4.93. The number of carboxylic acids is 1. The minimum Gasteiger partial charge on any atom is -0.480 e. The third kappa shape index (κ3) is 4.45. The van der Waals surface area contributed by atoms with Crippen molar-refractivity contribution in [2.75, 3.05) is 19.6 Å². The molecule has 0 aromatic rings. The van der Waals surface area contributed by atoms with Crippen molar-refractivity contribution in [3.05, 3.63) is 0 Å². The Labute approximate surface area is 122 Å². The van der Waals surface area contributed by atoms with Crippen LogP contribution in [0.4, 0.5) is 0 Å². The highest BCUT2D eigenvalue weighted by molar-refractivity contribution is 5.78. The monoisotopic (exact) mass is 282 g/mol. The molecule has 0 radical (unpaired) electrons. The van der Waals surface area contributed by atoms with Crippen LogP contribution in [0.1, 0.15) is 59.3 Å². The van der Waals surface area contributed by atoms with Gasteiger partial charge in [0, 0.05) is 12.6 Å². The van der Waals surface area contributed by atoms with Gasteiger partial charge in [0.15, 0.2) is 0 Å². The maximum absolute atomic E-state index is 11.5. The summed E-state index contributed by atoms with van der Waals surface area (Å²) in [5, 5.41) is 12.8. The first-order chi connectivity index (χ1) is 9.31. The van der Waals surface area contributed by atoms with Gasteiger partial charge in [0.1, 0.15) is 5.54 Å². The van der Waals surface area contributed by atoms with Crippen molar-refractivity contribution in [1.29, 1.82) is 0 Å². The van der Waals surface area contributed by atoms with E-state index in [4.69, 9.17) is 0 Å². The molecular formula is C16H30N2O2. The standard InChI is InChI=1S/C16H30N2O2/c1-15(2)7-4-10-18(11-8-15)12-9-16(3,14(19)20)17-13-5-6-13/h13,17H,4-12H2,1-3H3,(H,19,20). The molecule has 2 rings (SSSR count). The Bertz CT molecular complexity index is 352. The highest BCUT2D eigenvalue weighted by Gasteiger charge is 2.38. The smallest absolute Gasteiger partial charge is 0.323 e. The predicted molar refractivity (Wildman–Crippen MR) is 80.9 cm³/mol. The summed E-state index contributed by atoms with van der Waals surface area (Å²) in [6, 6.07) is 0.430. The average Bonchev–Trinajstić information content (AvgIpc) is 3.15. The lowest BCUT2D eigenvalue weighted by molar-refractivity contribution is -0.144. The molecule has 0 bridgehead atoms. The zero-order chi connectivity index (χ0) is 14.8. The number of hydrogen-bond acceptors (Lipinski definition) is 3. The second-order valence-electron chi connectivity index (χ2n) is 7.67. The fourth-order valence-corrected chi connectivity index (χ4v) is 3.00. The van der Waals surface area contributed by atoms with Crippen molar-refractivity contribution in [2.24, 2.45) is 5.41 Å². The number of nitrogens with one attached hydrogen (secondary N) is 1. The number of likely N-dealkylation sites (tertiary alicyclic amines) is 1. The highest BCUT2D eigenvalue weighted by Crippen LogP contribution is 2.30. The van der Waals surface area contributed by atoms with E-state index in [1.54, 1.807) is 0 Å². The van der Waals surface area contributed by atoms with Gasteiger partial charge < -0.3 is 10.0 Å². The summed E-state index contributed by atoms with van der Waals surface area (Å²) in [5.74, 6) is -0.709. The molecule has 1 heterocycles. The van der Waals surface area contributed by atoms with Gasteiger partial charge in [-0.15, -0.1) is 0 Å². The van der Waals surface area contributed by atoms with Crippen LogP contribution in [0.15, 0.2) is 0 Å². The molecule has 4 nitrogen and oxygen atoms in total. The fourth-order valence-electron chi connectivity index (χ4n) is 3.00. The predicted octanol–water partition coefficient (Wildman–Crippen LogP) is 2.48. The summed E-state index contributed by atoms with van der Waals surface area (Å²) in [5.41, 5.74) is -0.319. The number of nitrogens with zero attached hydrogens (tertiary/aromatic N) is 1. The van der Waals surface area contributed by atoms with Crippen LogP contribution in [0.25, 0.3) is 0 Å². The van der Waals surface area contributed by atoms with Crippen LogP contribution in [0.2, 0.25) is 0 Å². The largest absolute Gasteiger partial charge is 0.480 e. The van der Waals surface area contributed by atoms with E-state index in [0.29, 0.717) is 17.9 Å². The summed E-state index contributed by atoms with van der Waals surface area (Å²) >= 11 is 0. The van der Waals surface area contributed by atoms with Gasteiger partial charge in [0.25, 0.3) is 0 Å². The summed E-state index contributed by atoms with van der Waals surface area (Å²) < 4.78 is 0. The van der Waals surface area contributed by atoms with Crippen LogP contribution >= 0.6 is 0 Å². The van der Waals surface area contributed by atoms with Gasteiger partial charge in [-0.1, -0.05) is 13.8 Å². The van der Waals surface area contributed by atoms with Crippen LogP contribution < -0.4 is 5.32 Å². The van der Waals surface area contributed by atoms with E-state index in [0.717, 1.165) is 32.5 Å². The first kappa shape index (κ1) is 15.8. The lowest BCUT2D eigenvalue weighted by Gasteiger charge is -2.30. The van der Waals surface area contributed by atoms with E-state index < -0.39 is 11.5 Å². The summed E-state index contributed by atoms with van der Waals surface area (Å²) in [6.45, 7) is 9.63. The van der Waals surface area contributed by atoms with Gasteiger partial charge in [0.05, 0.1) is 0 Å². The molecule has 2 aliphatic rings. The van der Waals surface area contributed by atoms with E-state index in [1.165, 1.54) is 19.3 Å². The first-order valence-electron chi connectivity index (χ1n) is 8.04. The lowest BCUT2D eigenvalue weighted by atomic mass is 9.85. The molecule has 2 N–H and O–H groups in total. The Balaban J connectivity index is 1.84. The van der Waals surface area contributed by atoms with Gasteiger partial charge in [0.2, 0.25) is 0 Å². The molecule has 0 aromatic heterocycles. The first-order valence-corrected chi connectivity index (χ1v) is 8.04. The molecule has 1 atom stereocenters. The van der Waals surface area contributed by atoms with Crippen LogP contribution in [0, 0.1) is 5.41 Å². The fraction of sp³-hybridized carbons (Fsp3) is 0.938. The van der Waals surface area contributed by atoms with Crippen molar-refractivity contribution in [3.8, 4) is 0 Å². The quantitative estimate of drug-likeness (QED) is 0.786. The normalized spacial score (nSPS) is 26.8. The van der Waals surface area contributed by atoms with Crippen molar-refractivity contribution in [1.82, 2.24) is 10.2 Å². The zero-order valence-electron chi connectivity index (χ0n) is 13.2. The summed E-state index contributed by atoms with van der Waals surface area (Å²) in [4.78, 5) is 14.0. The number of carboxylic acid groups (broad SMARTS) is 1. The molecule has 1 aliphatic heterocycles. The van der Waals surface area contributed by atoms with E-state index in [-0.39, 0.29) is 0 Å². The van der Waals surface area contributed by atoms with Crippen LogP contribution in [0.3, 0.4) is 0 Å². The van der Waals surface area contributed by atoms with E-state index in [9.17, 15) is 9.90 Å². The number of hydrogen-bond donors (Lipinski definition) is 2. The van der Waals surface area contributed by atoms with Gasteiger partial charge in [-0.25, -0.2) is 0 Å². The molecule has 1 saturated carbocycles. The van der Waals surface area contributed by atoms with E-state index in [2.05, 4.69) is 24.1 Å². The number of carbonyl (C=O) groups is 1. The summed E-state index contributed by atoms with van der Waals surface area (Å²) in [7, 11) is 0. The second kappa shape index (κ2) is 6.02. The molecule has 0 spiro atoms. The number of aliphatic carboxylic acids is 1. The average molecular weight is 282 g/mol. The van der Waals surface area contributed by atoms with Gasteiger partial charge in [-0.2, -0.15) is 0 Å². The topological polar surface area (TPSA) is 52.6 Å². The van der Waals surface area contributed by atoms with Crippen LogP contribution in [-0.2, 0) is 4.79 Å². The molecule has 116 valence electrons. The molecular weight excluding hydrogens is 252 g/mol. The van der Waals surface area contributed by atoms with Crippen LogP contribution in [-0.4, -0.2) is 47.2 Å². The SMILES string of the molecule is CC1(C)CCCN(CCC(C)(NC2CC2)C(=O)O)CC1. The summed E-state index contributed by atoms with van der Waals surface area (Å²) in [6.07, 6.45) is 6.67. The zero-order valence-corrected chi connectivity index (χ0v) is 13.2. The second-order valence-corrected chi connectivity index (χ2v) is 7.67. The Morgan fingerprint density at radius 3 is 2.65 bits per heavy atom. The highest BCUT2D eigenvalue weighted by atomic mass is 16.4. The van der Waals surface area contributed by atoms with Crippen molar-refractivity contribution >= 4 is 5.97 Å². The molecule has 4 heteroatoms. The Morgan fingerprint density at radius 2 is 2.05 bits per heavy atom. The molecule has 0 aromatic carbocycles. The Morgan fingerprint density at radius 1 is 1.35 bits per heavy atom. The minimum atomic E-state index is -0.761. The maximum Gasteiger partial charge on any atom is 0.323 e. The third-order valence-electron chi connectivity index (χ3n) is 4.93. The van der Waals surface area contributed by atoms with Gasteiger partial charge >= 0.3 is 5.97 Å². The van der Waals surface area contributed by atoms with E-state index >= 15 is 0 Å². The maximum atomic E-state index is 11.5. The van der Waals surface area contributed by atoms with Crippen molar-refractivity contribution in [2.45, 2.75) is 70.9 Å². The van der Waals surface area contributed by atoms with Gasteiger partial charge in [-0.05, 0) is 64.0 Å². The molecule has 2 fully saturated rings. The Kier molecular flexibility index (Phi) is 4.75. The minimum absolute atomic E-state index is 0.430. The van der Waals surface area contributed by atoms with Gasteiger partial charge in [-0.3, -0.25) is 10.1 Å². The lowest BCUT2D eigenvalue weighted by Crippen LogP contribution is -2.52. The molecule has 1 saturated heterocycles. The van der Waals surface area contributed by atoms with Crippen molar-refractivity contribution < 1.29 is 9.90 Å². The molecule has 1 unspecified atom stereocenters. The van der Waals surface area contributed by atoms with E-state index in [1.807, 2.05) is 6.92 Å². The van der Waals surface area contributed by atoms with Crippen LogP contribution in [0.5, 0.6) is 0 Å². The molecule has 1 aliphatic carbocycles. The molecule has 0 amide bonds.